The third-order valence-electron chi connectivity index (χ3n) is 3.38. The maximum Gasteiger partial charge on any atom is 0.229 e. The van der Waals surface area contributed by atoms with Crippen molar-refractivity contribution in [1.29, 1.82) is 0 Å². The highest BCUT2D eigenvalue weighted by molar-refractivity contribution is 5.41. The van der Waals surface area contributed by atoms with Gasteiger partial charge in [0, 0.05) is 19.9 Å². The van der Waals surface area contributed by atoms with E-state index >= 15 is 0 Å². The molecule has 7 heteroatoms. The van der Waals surface area contributed by atoms with Crippen molar-refractivity contribution >= 4 is 5.69 Å². The van der Waals surface area contributed by atoms with Gasteiger partial charge in [-0.05, 0) is 24.3 Å². The predicted octanol–water partition coefficient (Wildman–Crippen LogP) is -0.244. The summed E-state index contributed by atoms with van der Waals surface area (Å²) in [6.07, 6.45) is -4.62. The summed E-state index contributed by atoms with van der Waals surface area (Å²) >= 11 is 0. The second-order valence-electron chi connectivity index (χ2n) is 4.87. The lowest BCUT2D eigenvalue weighted by Crippen LogP contribution is -2.60. The molecule has 21 heavy (non-hydrogen) atoms. The molecule has 0 aliphatic carbocycles. The fourth-order valence-corrected chi connectivity index (χ4v) is 2.23. The molecule has 0 amide bonds. The number of methoxy groups -OCH3 is 2. The SMILES string of the molecule is COC[C@H]1O[C@H](Oc2ccc(N)cc2)[C@H](OC)[C@@H](O)[C@H]1O. The van der Waals surface area contributed by atoms with Crippen LogP contribution in [0.15, 0.2) is 24.3 Å². The summed E-state index contributed by atoms with van der Waals surface area (Å²) < 4.78 is 21.5. The molecule has 1 aliphatic heterocycles. The molecule has 0 bridgehead atoms. The van der Waals surface area contributed by atoms with Gasteiger partial charge in [-0.2, -0.15) is 0 Å². The van der Waals surface area contributed by atoms with E-state index in [0.717, 1.165) is 0 Å². The first kappa shape index (κ1) is 16.0. The van der Waals surface area contributed by atoms with Crippen LogP contribution < -0.4 is 10.5 Å². The van der Waals surface area contributed by atoms with E-state index in [0.29, 0.717) is 11.4 Å². The molecule has 1 saturated heterocycles. The van der Waals surface area contributed by atoms with Gasteiger partial charge >= 0.3 is 0 Å². The Morgan fingerprint density at radius 3 is 2.38 bits per heavy atom. The van der Waals surface area contributed by atoms with Crippen molar-refractivity contribution in [3.05, 3.63) is 24.3 Å². The molecule has 0 saturated carbocycles. The van der Waals surface area contributed by atoms with Gasteiger partial charge < -0.3 is 34.9 Å². The van der Waals surface area contributed by atoms with Crippen LogP contribution in [-0.4, -0.2) is 61.7 Å². The Hall–Kier alpha value is -1.38. The average molecular weight is 299 g/mol. The lowest BCUT2D eigenvalue weighted by molar-refractivity contribution is -0.284. The third-order valence-corrected chi connectivity index (χ3v) is 3.38. The maximum atomic E-state index is 10.1. The highest BCUT2D eigenvalue weighted by Gasteiger charge is 2.46. The minimum atomic E-state index is -1.14. The summed E-state index contributed by atoms with van der Waals surface area (Å²) in [5.74, 6) is 0.524. The van der Waals surface area contributed by atoms with Crippen LogP contribution >= 0.6 is 0 Å². The first-order valence-corrected chi connectivity index (χ1v) is 6.62. The quantitative estimate of drug-likeness (QED) is 0.644. The number of anilines is 1. The van der Waals surface area contributed by atoms with E-state index in [2.05, 4.69) is 0 Å². The number of aliphatic hydroxyl groups excluding tert-OH is 2. The van der Waals surface area contributed by atoms with Crippen molar-refractivity contribution in [2.75, 3.05) is 26.6 Å². The summed E-state index contributed by atoms with van der Waals surface area (Å²) in [6, 6.07) is 6.76. The third kappa shape index (κ3) is 3.63. The summed E-state index contributed by atoms with van der Waals surface area (Å²) in [5.41, 5.74) is 6.23. The molecule has 0 spiro atoms. The largest absolute Gasteiger partial charge is 0.462 e. The highest BCUT2D eigenvalue weighted by atomic mass is 16.7. The minimum absolute atomic E-state index is 0.135. The number of hydrogen-bond donors (Lipinski definition) is 3. The number of benzene rings is 1. The van der Waals surface area contributed by atoms with Gasteiger partial charge in [0.15, 0.2) is 0 Å². The second kappa shape index (κ2) is 7.06. The summed E-state index contributed by atoms with van der Waals surface area (Å²) in [5, 5.41) is 20.1. The van der Waals surface area contributed by atoms with Crippen LogP contribution in [0.1, 0.15) is 0 Å². The van der Waals surface area contributed by atoms with Gasteiger partial charge in [0.1, 0.15) is 30.2 Å². The van der Waals surface area contributed by atoms with E-state index in [-0.39, 0.29) is 6.61 Å². The summed E-state index contributed by atoms with van der Waals surface area (Å²) in [7, 11) is 2.90. The fourth-order valence-electron chi connectivity index (χ4n) is 2.23. The summed E-state index contributed by atoms with van der Waals surface area (Å²) in [4.78, 5) is 0. The van der Waals surface area contributed by atoms with Gasteiger partial charge in [0.2, 0.25) is 6.29 Å². The molecule has 1 heterocycles. The lowest BCUT2D eigenvalue weighted by Gasteiger charge is -2.41. The van der Waals surface area contributed by atoms with E-state index in [1.807, 2.05) is 0 Å². The normalized spacial score (nSPS) is 32.9. The first-order valence-electron chi connectivity index (χ1n) is 6.62. The molecule has 0 radical (unpaired) electrons. The molecule has 0 aromatic heterocycles. The van der Waals surface area contributed by atoms with Gasteiger partial charge in [-0.25, -0.2) is 0 Å². The molecule has 4 N–H and O–H groups in total. The van der Waals surface area contributed by atoms with E-state index in [4.69, 9.17) is 24.7 Å². The molecular weight excluding hydrogens is 278 g/mol. The zero-order valence-corrected chi connectivity index (χ0v) is 12.0. The molecule has 0 unspecified atom stereocenters. The molecular formula is C14H21NO6. The van der Waals surface area contributed by atoms with Gasteiger partial charge in [-0.1, -0.05) is 0 Å². The van der Waals surface area contributed by atoms with Crippen molar-refractivity contribution < 1.29 is 29.2 Å². The van der Waals surface area contributed by atoms with Gasteiger partial charge in [0.05, 0.1) is 6.61 Å². The molecule has 1 aromatic rings. The van der Waals surface area contributed by atoms with Crippen LogP contribution in [0.2, 0.25) is 0 Å². The molecule has 1 aromatic carbocycles. The second-order valence-corrected chi connectivity index (χ2v) is 4.87. The molecule has 2 rings (SSSR count). The van der Waals surface area contributed by atoms with E-state index in [9.17, 15) is 10.2 Å². The van der Waals surface area contributed by atoms with Crippen LogP contribution in [-0.2, 0) is 14.2 Å². The van der Waals surface area contributed by atoms with Crippen molar-refractivity contribution in [3.8, 4) is 5.75 Å². The zero-order chi connectivity index (χ0) is 15.4. The van der Waals surface area contributed by atoms with Crippen LogP contribution in [0.25, 0.3) is 0 Å². The number of hydrogen-bond acceptors (Lipinski definition) is 7. The minimum Gasteiger partial charge on any atom is -0.462 e. The standard InChI is InChI=1S/C14H21NO6/c1-18-7-10-11(16)12(17)13(19-2)14(21-10)20-9-5-3-8(15)4-6-9/h3-6,10-14,16-17H,7,15H2,1-2H3/t10-,11+,12+,13-,14+/m1/s1. The molecule has 7 nitrogen and oxygen atoms in total. The number of nitrogens with two attached hydrogens (primary N) is 1. The van der Waals surface area contributed by atoms with Gasteiger partial charge in [-0.15, -0.1) is 0 Å². The molecule has 118 valence electrons. The molecule has 1 fully saturated rings. The van der Waals surface area contributed by atoms with E-state index in [1.165, 1.54) is 14.2 Å². The zero-order valence-electron chi connectivity index (χ0n) is 12.0. The van der Waals surface area contributed by atoms with Crippen molar-refractivity contribution in [2.45, 2.75) is 30.7 Å². The average Bonchev–Trinajstić information content (AvgIpc) is 2.47. The molecule has 5 atom stereocenters. The number of ether oxygens (including phenoxy) is 4. The Labute approximate surface area is 123 Å². The van der Waals surface area contributed by atoms with Crippen LogP contribution in [0, 0.1) is 0 Å². The Morgan fingerprint density at radius 2 is 1.81 bits per heavy atom. The van der Waals surface area contributed by atoms with Crippen molar-refractivity contribution in [1.82, 2.24) is 0 Å². The smallest absolute Gasteiger partial charge is 0.229 e. The summed E-state index contributed by atoms with van der Waals surface area (Å²) in [6.45, 7) is 0.135. The van der Waals surface area contributed by atoms with Crippen molar-refractivity contribution in [3.63, 3.8) is 0 Å². The van der Waals surface area contributed by atoms with Gasteiger partial charge in [0.25, 0.3) is 0 Å². The Bertz CT molecular complexity index is 438. The Balaban J connectivity index is 2.12. The Kier molecular flexibility index (Phi) is 5.38. The topological polar surface area (TPSA) is 103 Å². The van der Waals surface area contributed by atoms with E-state index in [1.54, 1.807) is 24.3 Å². The van der Waals surface area contributed by atoms with Gasteiger partial charge in [-0.3, -0.25) is 0 Å². The fraction of sp³-hybridized carbons (Fsp3) is 0.571. The predicted molar refractivity (Wildman–Crippen MR) is 74.8 cm³/mol. The van der Waals surface area contributed by atoms with Crippen LogP contribution in [0.5, 0.6) is 5.75 Å². The highest BCUT2D eigenvalue weighted by Crippen LogP contribution is 2.26. The van der Waals surface area contributed by atoms with Crippen LogP contribution in [0.4, 0.5) is 5.69 Å². The van der Waals surface area contributed by atoms with Crippen LogP contribution in [0.3, 0.4) is 0 Å². The van der Waals surface area contributed by atoms with Crippen molar-refractivity contribution in [2.24, 2.45) is 0 Å². The Morgan fingerprint density at radius 1 is 1.14 bits per heavy atom. The number of rotatable bonds is 5. The van der Waals surface area contributed by atoms with E-state index < -0.39 is 30.7 Å². The first-order chi connectivity index (χ1) is 10.1. The number of nitrogen functional groups attached to an aromatic ring is 1. The maximum absolute atomic E-state index is 10.1. The molecule has 1 aliphatic rings. The lowest BCUT2D eigenvalue weighted by atomic mass is 9.99. The number of aliphatic hydroxyl groups is 2. The monoisotopic (exact) mass is 299 g/mol.